The second-order valence-electron chi connectivity index (χ2n) is 10.4. The Morgan fingerprint density at radius 3 is 2.27 bits per heavy atom. The molecule has 4 aromatic rings. The number of imide groups is 1. The number of hydrogen-bond donors (Lipinski definition) is 1. The second-order valence-corrected chi connectivity index (χ2v) is 12.5. The minimum absolute atomic E-state index is 0.206. The Bertz CT molecular complexity index is 1830. The van der Waals surface area contributed by atoms with Crippen LogP contribution in [-0.2, 0) is 25.7 Å². The van der Waals surface area contributed by atoms with Gasteiger partial charge in [-0.15, -0.1) is 0 Å². The lowest BCUT2D eigenvalue weighted by Gasteiger charge is -2.30. The number of aromatic nitrogens is 1. The predicted molar refractivity (Wildman–Crippen MR) is 165 cm³/mol. The lowest BCUT2D eigenvalue weighted by molar-refractivity contribution is -0.122. The molecule has 1 N–H and O–H groups in total. The largest absolute Gasteiger partial charge is 0.462 e. The number of fused-ring (bicyclic) bond motifs is 2. The Kier molecular flexibility index (Phi) is 7.95. The SMILES string of the molecule is CCOC(=O)c1ccc(N2C(=O)[C@@H]3[C@H](c4ccc(F)cc4)c4sc(=O)n(CC(=O)Nc5ccc(C)cc5)c4S[C@@H]3C2=O)cc1. The van der Waals surface area contributed by atoms with Crippen molar-refractivity contribution in [1.82, 2.24) is 4.57 Å². The summed E-state index contributed by atoms with van der Waals surface area (Å²) in [5.41, 5.74) is 2.75. The van der Waals surface area contributed by atoms with E-state index in [9.17, 15) is 28.4 Å². The third-order valence-electron chi connectivity index (χ3n) is 7.55. The Morgan fingerprint density at radius 2 is 1.61 bits per heavy atom. The van der Waals surface area contributed by atoms with E-state index in [0.29, 0.717) is 26.8 Å². The van der Waals surface area contributed by atoms with E-state index in [1.165, 1.54) is 41.0 Å². The molecule has 3 heterocycles. The second kappa shape index (κ2) is 11.9. The van der Waals surface area contributed by atoms with Crippen LogP contribution in [-0.4, -0.2) is 40.1 Å². The third-order valence-corrected chi connectivity index (χ3v) is 10.2. The number of esters is 1. The number of carbonyl (C=O) groups excluding carboxylic acids is 4. The van der Waals surface area contributed by atoms with Crippen LogP contribution in [0, 0.1) is 18.7 Å². The van der Waals surface area contributed by atoms with Crippen LogP contribution in [0.1, 0.15) is 39.2 Å². The fourth-order valence-electron chi connectivity index (χ4n) is 5.48. The quantitative estimate of drug-likeness (QED) is 0.226. The van der Waals surface area contributed by atoms with Crippen LogP contribution in [0.15, 0.2) is 82.6 Å². The van der Waals surface area contributed by atoms with Gasteiger partial charge in [0.15, 0.2) is 0 Å². The number of nitrogens with one attached hydrogen (secondary N) is 1. The summed E-state index contributed by atoms with van der Waals surface area (Å²) in [4.78, 5) is 67.6. The van der Waals surface area contributed by atoms with Crippen LogP contribution >= 0.6 is 23.1 Å². The van der Waals surface area contributed by atoms with Crippen molar-refractivity contribution in [3.05, 3.63) is 110 Å². The molecule has 9 nitrogen and oxygen atoms in total. The zero-order valence-corrected chi connectivity index (χ0v) is 25.2. The molecule has 2 aliphatic rings. The van der Waals surface area contributed by atoms with Gasteiger partial charge in [0.05, 0.1) is 28.8 Å². The smallest absolute Gasteiger partial charge is 0.338 e. The first kappa shape index (κ1) is 29.5. The zero-order chi connectivity index (χ0) is 31.1. The van der Waals surface area contributed by atoms with Crippen molar-refractivity contribution in [3.63, 3.8) is 0 Å². The predicted octanol–water partition coefficient (Wildman–Crippen LogP) is 4.97. The highest BCUT2D eigenvalue weighted by Gasteiger charge is 2.56. The molecule has 0 radical (unpaired) electrons. The highest BCUT2D eigenvalue weighted by atomic mass is 32.2. The fraction of sp³-hybridized carbons (Fsp3) is 0.219. The van der Waals surface area contributed by atoms with Gasteiger partial charge in [-0.25, -0.2) is 14.1 Å². The van der Waals surface area contributed by atoms with E-state index in [0.717, 1.165) is 33.6 Å². The van der Waals surface area contributed by atoms with Gasteiger partial charge in [0.25, 0.3) is 0 Å². The topological polar surface area (TPSA) is 115 Å². The van der Waals surface area contributed by atoms with Crippen LogP contribution in [0.5, 0.6) is 0 Å². The third kappa shape index (κ3) is 5.35. The van der Waals surface area contributed by atoms with Crippen molar-refractivity contribution in [2.24, 2.45) is 5.92 Å². The van der Waals surface area contributed by atoms with Gasteiger partial charge in [0, 0.05) is 16.5 Å². The number of halogens is 1. The van der Waals surface area contributed by atoms with Crippen LogP contribution in [0.3, 0.4) is 0 Å². The van der Waals surface area contributed by atoms with E-state index in [-0.39, 0.29) is 18.7 Å². The van der Waals surface area contributed by atoms with E-state index >= 15 is 0 Å². The van der Waals surface area contributed by atoms with Crippen molar-refractivity contribution in [2.75, 3.05) is 16.8 Å². The van der Waals surface area contributed by atoms with Gasteiger partial charge >= 0.3 is 10.8 Å². The van der Waals surface area contributed by atoms with Gasteiger partial charge in [0.1, 0.15) is 17.6 Å². The normalized spacial score (nSPS) is 19.0. The first-order chi connectivity index (χ1) is 21.2. The maximum absolute atomic E-state index is 14.0. The molecule has 0 aliphatic carbocycles. The number of hydrogen-bond acceptors (Lipinski definition) is 8. The molecule has 6 rings (SSSR count). The van der Waals surface area contributed by atoms with Gasteiger partial charge < -0.3 is 10.1 Å². The summed E-state index contributed by atoms with van der Waals surface area (Å²) in [6.07, 6.45) is 0. The molecule has 12 heteroatoms. The van der Waals surface area contributed by atoms with E-state index < -0.39 is 51.5 Å². The van der Waals surface area contributed by atoms with Crippen LogP contribution in [0.2, 0.25) is 0 Å². The number of amides is 3. The molecule has 0 bridgehead atoms. The van der Waals surface area contributed by atoms with E-state index in [4.69, 9.17) is 4.74 Å². The van der Waals surface area contributed by atoms with E-state index in [2.05, 4.69) is 5.32 Å². The molecule has 0 unspecified atom stereocenters. The fourth-order valence-corrected chi connectivity index (χ4v) is 8.25. The number of aryl methyl sites for hydroxylation is 1. The number of rotatable bonds is 7. The average molecular weight is 632 g/mol. The lowest BCUT2D eigenvalue weighted by Crippen LogP contribution is -2.33. The Morgan fingerprint density at radius 1 is 0.932 bits per heavy atom. The van der Waals surface area contributed by atoms with Crippen molar-refractivity contribution in [3.8, 4) is 0 Å². The molecule has 3 aromatic carbocycles. The monoisotopic (exact) mass is 631 g/mol. The summed E-state index contributed by atoms with van der Waals surface area (Å²) < 4.78 is 20.3. The molecular formula is C32H26FN3O6S2. The molecule has 1 aromatic heterocycles. The lowest BCUT2D eigenvalue weighted by atomic mass is 9.83. The summed E-state index contributed by atoms with van der Waals surface area (Å²) >= 11 is 2.00. The van der Waals surface area contributed by atoms with Crippen molar-refractivity contribution >= 4 is 58.2 Å². The molecule has 44 heavy (non-hydrogen) atoms. The summed E-state index contributed by atoms with van der Waals surface area (Å²) in [6, 6.07) is 18.9. The molecule has 1 fully saturated rings. The van der Waals surface area contributed by atoms with Crippen molar-refractivity contribution in [2.45, 2.75) is 36.6 Å². The number of thiazole rings is 1. The molecule has 2 aliphatic heterocycles. The number of benzene rings is 3. The molecular weight excluding hydrogens is 605 g/mol. The standard InChI is InChI=1S/C32H26FN3O6S2/c1-3-42-31(40)19-8-14-22(15-9-19)36-28(38)25-24(18-6-10-20(33)11-7-18)27-30(43-26(25)29(36)39)35(32(41)44-27)16-23(37)34-21-12-4-17(2)5-13-21/h4-15,24-26H,3,16H2,1-2H3,(H,34,37)/t24-,25+,26-/m0/s1. The highest BCUT2D eigenvalue weighted by Crippen LogP contribution is 2.53. The highest BCUT2D eigenvalue weighted by molar-refractivity contribution is 8.00. The summed E-state index contributed by atoms with van der Waals surface area (Å²) in [5.74, 6) is -3.98. The number of anilines is 2. The average Bonchev–Trinajstić information content (AvgIpc) is 3.45. The van der Waals surface area contributed by atoms with Crippen molar-refractivity contribution in [1.29, 1.82) is 0 Å². The summed E-state index contributed by atoms with van der Waals surface area (Å²) in [5, 5.41) is 2.31. The minimum Gasteiger partial charge on any atom is -0.462 e. The van der Waals surface area contributed by atoms with Gasteiger partial charge in [-0.1, -0.05) is 52.9 Å². The summed E-state index contributed by atoms with van der Waals surface area (Å²) in [6.45, 7) is 3.54. The van der Waals surface area contributed by atoms with E-state index in [1.54, 1.807) is 31.2 Å². The van der Waals surface area contributed by atoms with Crippen molar-refractivity contribution < 1.29 is 28.3 Å². The number of ether oxygens (including phenoxy) is 1. The van der Waals surface area contributed by atoms with Gasteiger partial charge in [-0.2, -0.15) is 0 Å². The molecule has 0 spiro atoms. The number of thioether (sulfide) groups is 1. The Balaban J connectivity index is 1.36. The minimum atomic E-state index is -0.907. The van der Waals surface area contributed by atoms with Crippen LogP contribution < -0.4 is 15.1 Å². The first-order valence-corrected chi connectivity index (χ1v) is 15.5. The number of nitrogens with zero attached hydrogens (tertiary/aromatic N) is 2. The van der Waals surface area contributed by atoms with Gasteiger partial charge in [-0.05, 0) is 67.9 Å². The molecule has 3 atom stereocenters. The first-order valence-electron chi connectivity index (χ1n) is 13.8. The summed E-state index contributed by atoms with van der Waals surface area (Å²) in [7, 11) is 0. The molecule has 3 amide bonds. The van der Waals surface area contributed by atoms with Gasteiger partial charge in [0.2, 0.25) is 17.7 Å². The van der Waals surface area contributed by atoms with Crippen LogP contribution in [0.4, 0.5) is 15.8 Å². The van der Waals surface area contributed by atoms with E-state index in [1.807, 2.05) is 19.1 Å². The Hall–Kier alpha value is -4.55. The van der Waals surface area contributed by atoms with Crippen LogP contribution in [0.25, 0.3) is 0 Å². The van der Waals surface area contributed by atoms with Gasteiger partial charge in [-0.3, -0.25) is 23.7 Å². The number of carbonyl (C=O) groups is 4. The maximum atomic E-state index is 14.0. The zero-order valence-electron chi connectivity index (χ0n) is 23.6. The molecule has 1 saturated heterocycles. The maximum Gasteiger partial charge on any atom is 0.338 e. The molecule has 224 valence electrons. The Labute approximate surface area is 259 Å². The molecule has 0 saturated carbocycles.